The van der Waals surface area contributed by atoms with Crippen LogP contribution in [0.5, 0.6) is 0 Å². The van der Waals surface area contributed by atoms with Crippen LogP contribution >= 0.6 is 0 Å². The van der Waals surface area contributed by atoms with Gasteiger partial charge in [0.15, 0.2) is 0 Å². The predicted octanol–water partition coefficient (Wildman–Crippen LogP) is 15.4. The van der Waals surface area contributed by atoms with Crippen molar-refractivity contribution >= 4 is 53.2 Å². The molecule has 4 nitrogen and oxygen atoms in total. The zero-order valence-corrected chi connectivity index (χ0v) is 38.6. The molecule has 8 aromatic carbocycles. The summed E-state index contributed by atoms with van der Waals surface area (Å²) in [5, 5.41) is 23.3. The molecule has 0 atom stereocenters. The summed E-state index contributed by atoms with van der Waals surface area (Å²) in [4.78, 5) is 0. The van der Waals surface area contributed by atoms with E-state index >= 15 is 0 Å². The summed E-state index contributed by atoms with van der Waals surface area (Å²) in [6.07, 6.45) is 14.2. The lowest BCUT2D eigenvalue weighted by atomic mass is 9.43. The number of fused-ring (bicyclic) bond motifs is 9. The van der Waals surface area contributed by atoms with Gasteiger partial charge in [0.05, 0.1) is 11.9 Å². The summed E-state index contributed by atoms with van der Waals surface area (Å²) in [5.74, 6) is 6.12. The molecule has 0 saturated heterocycles. The van der Waals surface area contributed by atoms with Crippen molar-refractivity contribution in [2.24, 2.45) is 47.3 Å². The molecule has 67 heavy (non-hydrogen) atoms. The van der Waals surface area contributed by atoms with Crippen LogP contribution in [0.2, 0.25) is 0 Å². The molecule has 8 aromatic rings. The monoisotopic (exact) mass is 905 g/mol. The second kappa shape index (κ2) is 15.9. The van der Waals surface area contributed by atoms with E-state index in [9.17, 15) is 13.5 Å². The Bertz CT molecular complexity index is 3220. The van der Waals surface area contributed by atoms with Crippen LogP contribution in [0.15, 0.2) is 152 Å². The summed E-state index contributed by atoms with van der Waals surface area (Å²) in [6.45, 7) is 0. The van der Waals surface area contributed by atoms with Crippen molar-refractivity contribution < 1.29 is 19.5 Å². The van der Waals surface area contributed by atoms with Gasteiger partial charge in [-0.15, -0.1) is 0 Å². The molecule has 17 rings (SSSR count). The average molecular weight is 906 g/mol. The zero-order chi connectivity index (χ0) is 44.5. The zero-order valence-electron chi connectivity index (χ0n) is 37.7. The molecule has 8 bridgehead atoms. The highest BCUT2D eigenvalue weighted by atomic mass is 32.2. The molecule has 342 valence electrons. The fourth-order valence-corrected chi connectivity index (χ4v) is 16.4. The van der Waals surface area contributed by atoms with Crippen LogP contribution < -0.4 is 0 Å². The van der Waals surface area contributed by atoms with Gasteiger partial charge in [-0.3, -0.25) is 4.55 Å². The van der Waals surface area contributed by atoms with Crippen LogP contribution in [0, 0.1) is 47.3 Å². The van der Waals surface area contributed by atoms with Crippen molar-refractivity contribution in [1.29, 1.82) is 0 Å². The summed E-state index contributed by atoms with van der Waals surface area (Å²) in [6, 6.07) is 56.6. The highest BCUT2D eigenvalue weighted by molar-refractivity contribution is 7.85. The van der Waals surface area contributed by atoms with Crippen LogP contribution in [0.3, 0.4) is 0 Å². The van der Waals surface area contributed by atoms with E-state index in [-0.39, 0.29) is 14.3 Å². The smallest absolute Gasteiger partial charge is 0.261 e. The maximum absolute atomic E-state index is 12.5. The van der Waals surface area contributed by atoms with E-state index in [2.05, 4.69) is 152 Å². The van der Waals surface area contributed by atoms with Crippen LogP contribution in [0.1, 0.15) is 89.8 Å². The third-order valence-corrected chi connectivity index (χ3v) is 18.2. The Balaban J connectivity index is 0.000000132. The fraction of sp³-hybridized carbons (Fsp3) is 0.355. The standard InChI is InChI=1S/C30H28O.C30H26.CH4O3S.CH4.H2/c31-30(23-15-19-14-20(17-23)18-24(30)16-19)28-13-12-22-7-2-4-10-26(22)29(28)27-11-5-8-21-6-1-3-9-25(21)27;1-3-7-24-20(5-1)9-11-26-28(24)29-25-8-4-2-6-21(25)10-12-27(29)30(26)22-14-18-13-19(16-22)17-23(30)15-18;1-5(2,3)4;;/h1-13,19-20,23-24,31H,14-18H2;1-12,18-19,22-23H,13-17H2;1H3,(H,2,3,4);1H4;1H/i;;;;1+1. The van der Waals surface area contributed by atoms with Gasteiger partial charge < -0.3 is 5.11 Å². The highest BCUT2D eigenvalue weighted by Crippen LogP contribution is 2.70. The maximum Gasteiger partial charge on any atom is 0.261 e. The largest absolute Gasteiger partial charge is 0.385 e. The Kier molecular flexibility index (Phi) is 10.2. The van der Waals surface area contributed by atoms with Crippen molar-refractivity contribution in [1.82, 2.24) is 0 Å². The SMILES string of the molecule is C.CS(=O)(=O)O.OC1(c2ccc3ccccc3c2-c2cccc3ccccc23)C2CC3CC(C2)CC1C3.[2HH].c1ccc2c3c(ccc2c1)C1(c2ccc4ccccc4c2-3)C2CC3CC(C2)CC1C3. The van der Waals surface area contributed by atoms with Crippen molar-refractivity contribution in [2.45, 2.75) is 82.7 Å². The van der Waals surface area contributed by atoms with Crippen molar-refractivity contribution in [3.63, 3.8) is 0 Å². The number of aliphatic hydroxyl groups is 1. The molecule has 1 spiro atoms. The average Bonchev–Trinajstić information content (AvgIpc) is 3.63. The Hall–Kier alpha value is -5.33. The van der Waals surface area contributed by atoms with Crippen LogP contribution in [0.25, 0.3) is 65.3 Å². The van der Waals surface area contributed by atoms with Gasteiger partial charge in [-0.05, 0) is 194 Å². The van der Waals surface area contributed by atoms with E-state index in [0.717, 1.165) is 35.5 Å². The predicted molar refractivity (Wildman–Crippen MR) is 279 cm³/mol. The maximum atomic E-state index is 12.5. The van der Waals surface area contributed by atoms with Crippen molar-refractivity contribution in [2.75, 3.05) is 6.26 Å². The summed E-state index contributed by atoms with van der Waals surface area (Å²) in [7, 11) is -3.67. The van der Waals surface area contributed by atoms with E-state index in [1.165, 1.54) is 124 Å². The molecule has 0 unspecified atom stereocenters. The molecular weight excluding hydrogens is 841 g/mol. The molecule has 0 amide bonds. The van der Waals surface area contributed by atoms with Crippen molar-refractivity contribution in [3.8, 4) is 22.3 Å². The number of rotatable bonds is 2. The van der Waals surface area contributed by atoms with Crippen LogP contribution in [0.4, 0.5) is 0 Å². The van der Waals surface area contributed by atoms with E-state index in [0.29, 0.717) is 18.1 Å². The van der Waals surface area contributed by atoms with E-state index in [1.54, 1.807) is 22.3 Å². The van der Waals surface area contributed by atoms with E-state index in [4.69, 9.17) is 4.55 Å². The topological polar surface area (TPSA) is 74.6 Å². The van der Waals surface area contributed by atoms with Gasteiger partial charge >= 0.3 is 0 Å². The summed E-state index contributed by atoms with van der Waals surface area (Å²) in [5.41, 5.74) is 9.70. The minimum Gasteiger partial charge on any atom is -0.385 e. The second-order valence-corrected chi connectivity index (χ2v) is 23.2. The lowest BCUT2D eigenvalue weighted by molar-refractivity contribution is -0.179. The molecule has 2 N–H and O–H groups in total. The Labute approximate surface area is 397 Å². The molecule has 8 saturated carbocycles. The number of hydrogen-bond acceptors (Lipinski definition) is 3. The van der Waals surface area contributed by atoms with Gasteiger partial charge in [0.2, 0.25) is 0 Å². The van der Waals surface area contributed by atoms with Gasteiger partial charge in [0.1, 0.15) is 0 Å². The Morgan fingerprint density at radius 3 is 1.18 bits per heavy atom. The fourth-order valence-electron chi connectivity index (χ4n) is 16.4. The number of hydrogen-bond donors (Lipinski definition) is 2. The molecule has 0 aliphatic heterocycles. The first-order chi connectivity index (χ1) is 32.1. The molecule has 0 radical (unpaired) electrons. The molecule has 9 aliphatic rings. The quantitative estimate of drug-likeness (QED) is 0.170. The van der Waals surface area contributed by atoms with E-state index < -0.39 is 15.7 Å². The molecule has 5 heteroatoms. The normalized spacial score (nSPS) is 28.7. The summed E-state index contributed by atoms with van der Waals surface area (Å²) >= 11 is 0. The van der Waals surface area contributed by atoms with Gasteiger partial charge in [-0.2, -0.15) is 8.42 Å². The van der Waals surface area contributed by atoms with Gasteiger partial charge in [0.25, 0.3) is 10.1 Å². The van der Waals surface area contributed by atoms with Crippen molar-refractivity contribution in [3.05, 3.63) is 168 Å². The number of benzene rings is 8. The van der Waals surface area contributed by atoms with Crippen LogP contribution in [-0.2, 0) is 21.1 Å². The molecular formula is C62H64O4S. The molecule has 0 heterocycles. The highest BCUT2D eigenvalue weighted by Gasteiger charge is 2.62. The second-order valence-electron chi connectivity index (χ2n) is 21.7. The third-order valence-electron chi connectivity index (χ3n) is 18.2. The minimum absolute atomic E-state index is 0. The Morgan fingerprint density at radius 1 is 0.418 bits per heavy atom. The molecule has 8 fully saturated rings. The third kappa shape index (κ3) is 6.62. The lowest BCUT2D eigenvalue weighted by Crippen LogP contribution is -2.55. The minimum atomic E-state index is -3.67. The van der Waals surface area contributed by atoms with Gasteiger partial charge in [-0.25, -0.2) is 0 Å². The molecule has 0 aromatic heterocycles. The first kappa shape index (κ1) is 43.0. The summed E-state index contributed by atoms with van der Waals surface area (Å²) < 4.78 is 25.9. The van der Waals surface area contributed by atoms with Gasteiger partial charge in [-0.1, -0.05) is 159 Å². The van der Waals surface area contributed by atoms with Crippen LogP contribution in [-0.4, -0.2) is 24.3 Å². The van der Waals surface area contributed by atoms with E-state index in [1.807, 2.05) is 0 Å². The molecule has 9 aliphatic carbocycles. The first-order valence-corrected chi connectivity index (χ1v) is 26.6. The first-order valence-electron chi connectivity index (χ1n) is 24.8. The Morgan fingerprint density at radius 2 is 0.746 bits per heavy atom. The lowest BCUT2D eigenvalue weighted by Gasteiger charge is -2.61. The van der Waals surface area contributed by atoms with Gasteiger partial charge in [0, 0.05) is 6.84 Å².